The van der Waals surface area contributed by atoms with Gasteiger partial charge in [0.05, 0.1) is 19.7 Å². The number of guanidine groups is 1. The number of aryl methyl sites for hydroxylation is 2. The van der Waals surface area contributed by atoms with Gasteiger partial charge in [0.25, 0.3) is 0 Å². The summed E-state index contributed by atoms with van der Waals surface area (Å²) < 4.78 is 7.90. The molecule has 0 saturated carbocycles. The molecule has 0 bridgehead atoms. The van der Waals surface area contributed by atoms with Gasteiger partial charge < -0.3 is 19.9 Å². The first-order chi connectivity index (χ1) is 13.1. The minimum absolute atomic E-state index is 0.553. The Kier molecular flexibility index (Phi) is 8.61. The molecule has 27 heavy (non-hydrogen) atoms. The second-order valence-corrected chi connectivity index (χ2v) is 6.57. The number of nitrogens with zero attached hydrogens (tertiary/aromatic N) is 4. The Morgan fingerprint density at radius 2 is 2.07 bits per heavy atom. The van der Waals surface area contributed by atoms with Crippen LogP contribution in [-0.2, 0) is 20.1 Å². The van der Waals surface area contributed by atoms with Crippen LogP contribution >= 0.6 is 0 Å². The number of ether oxygens (including phenoxy) is 1. The minimum Gasteiger partial charge on any atom is -0.493 e. The lowest BCUT2D eigenvalue weighted by Crippen LogP contribution is -2.37. The second-order valence-electron chi connectivity index (χ2n) is 6.57. The topological polar surface area (TPSA) is 76.4 Å². The molecule has 0 unspecified atom stereocenters. The fraction of sp³-hybridized carbons (Fsp3) is 0.550. The van der Waals surface area contributed by atoms with Crippen LogP contribution in [-0.4, -0.2) is 33.9 Å². The molecular weight excluding hydrogens is 340 g/mol. The SMILES string of the molecule is CCCCCOc1cc(C)ccc1CN=C(NCC)NCc1nncn1C. The highest BCUT2D eigenvalue weighted by molar-refractivity contribution is 5.79. The van der Waals surface area contributed by atoms with Crippen molar-refractivity contribution in [1.82, 2.24) is 25.4 Å². The predicted molar refractivity (Wildman–Crippen MR) is 109 cm³/mol. The summed E-state index contributed by atoms with van der Waals surface area (Å²) in [5, 5.41) is 14.5. The minimum atomic E-state index is 0.553. The van der Waals surface area contributed by atoms with Gasteiger partial charge in [0.1, 0.15) is 12.1 Å². The van der Waals surface area contributed by atoms with Gasteiger partial charge in [-0.25, -0.2) is 4.99 Å². The molecule has 1 heterocycles. The molecule has 0 amide bonds. The summed E-state index contributed by atoms with van der Waals surface area (Å²) in [5.41, 5.74) is 2.29. The van der Waals surface area contributed by atoms with Crippen LogP contribution < -0.4 is 15.4 Å². The monoisotopic (exact) mass is 372 g/mol. The largest absolute Gasteiger partial charge is 0.493 e. The number of nitrogens with one attached hydrogen (secondary N) is 2. The molecule has 0 saturated heterocycles. The van der Waals surface area contributed by atoms with Gasteiger partial charge in [0.15, 0.2) is 11.8 Å². The van der Waals surface area contributed by atoms with Crippen molar-refractivity contribution in [3.8, 4) is 5.75 Å². The summed E-state index contributed by atoms with van der Waals surface area (Å²) in [4.78, 5) is 4.70. The third-order valence-corrected chi connectivity index (χ3v) is 4.20. The van der Waals surface area contributed by atoms with Gasteiger partial charge in [-0.1, -0.05) is 31.9 Å². The van der Waals surface area contributed by atoms with Crippen LogP contribution in [0, 0.1) is 6.92 Å². The van der Waals surface area contributed by atoms with Gasteiger partial charge in [-0.2, -0.15) is 0 Å². The molecule has 0 radical (unpaired) electrons. The van der Waals surface area contributed by atoms with Gasteiger partial charge in [-0.05, 0) is 31.9 Å². The predicted octanol–water partition coefficient (Wildman–Crippen LogP) is 2.95. The number of benzene rings is 1. The Hall–Kier alpha value is -2.57. The Bertz CT molecular complexity index is 725. The number of aromatic nitrogens is 3. The van der Waals surface area contributed by atoms with E-state index in [1.54, 1.807) is 6.33 Å². The quantitative estimate of drug-likeness (QED) is 0.381. The van der Waals surface area contributed by atoms with E-state index in [0.717, 1.165) is 42.7 Å². The molecule has 7 nitrogen and oxygen atoms in total. The molecule has 0 aliphatic heterocycles. The molecule has 2 rings (SSSR count). The lowest BCUT2D eigenvalue weighted by Gasteiger charge is -2.13. The van der Waals surface area contributed by atoms with Crippen LogP contribution in [0.1, 0.15) is 50.1 Å². The number of hydrogen-bond donors (Lipinski definition) is 2. The van der Waals surface area contributed by atoms with Crippen LogP contribution in [0.5, 0.6) is 5.75 Å². The summed E-state index contributed by atoms with van der Waals surface area (Å²) in [7, 11) is 1.93. The summed E-state index contributed by atoms with van der Waals surface area (Å²) in [6, 6.07) is 6.29. The summed E-state index contributed by atoms with van der Waals surface area (Å²) >= 11 is 0. The van der Waals surface area contributed by atoms with Gasteiger partial charge in [-0.15, -0.1) is 10.2 Å². The fourth-order valence-corrected chi connectivity index (χ4v) is 2.60. The zero-order valence-electron chi connectivity index (χ0n) is 17.0. The normalized spacial score (nSPS) is 11.5. The standard InChI is InChI=1S/C20H32N6O/c1-5-7-8-11-27-18-12-16(3)9-10-17(18)13-22-20(21-6-2)23-14-19-25-24-15-26(19)4/h9-10,12,15H,5-8,11,13-14H2,1-4H3,(H2,21,22,23). The van der Waals surface area contributed by atoms with Crippen molar-refractivity contribution < 1.29 is 4.74 Å². The van der Waals surface area contributed by atoms with E-state index in [2.05, 4.69) is 52.9 Å². The molecule has 7 heteroatoms. The molecule has 0 aliphatic carbocycles. The molecule has 0 fully saturated rings. The lowest BCUT2D eigenvalue weighted by molar-refractivity contribution is 0.303. The highest BCUT2D eigenvalue weighted by atomic mass is 16.5. The number of rotatable bonds is 10. The smallest absolute Gasteiger partial charge is 0.191 e. The van der Waals surface area contributed by atoms with Crippen LogP contribution in [0.15, 0.2) is 29.5 Å². The molecule has 0 atom stereocenters. The third kappa shape index (κ3) is 6.92. The summed E-state index contributed by atoms with van der Waals surface area (Å²) in [5.74, 6) is 2.54. The van der Waals surface area contributed by atoms with E-state index in [4.69, 9.17) is 9.73 Å². The Labute approximate surface area is 162 Å². The lowest BCUT2D eigenvalue weighted by atomic mass is 10.1. The summed E-state index contributed by atoms with van der Waals surface area (Å²) in [6.07, 6.45) is 5.15. The number of aliphatic imine (C=N–C) groups is 1. The maximum absolute atomic E-state index is 6.02. The Morgan fingerprint density at radius 1 is 1.22 bits per heavy atom. The first-order valence-corrected chi connectivity index (χ1v) is 9.71. The van der Waals surface area contributed by atoms with E-state index in [0.29, 0.717) is 13.1 Å². The fourth-order valence-electron chi connectivity index (χ4n) is 2.60. The highest BCUT2D eigenvalue weighted by Gasteiger charge is 2.06. The highest BCUT2D eigenvalue weighted by Crippen LogP contribution is 2.21. The van der Waals surface area contributed by atoms with Crippen LogP contribution in [0.4, 0.5) is 0 Å². The van der Waals surface area contributed by atoms with E-state index < -0.39 is 0 Å². The molecular formula is C20H32N6O. The number of unbranched alkanes of at least 4 members (excludes halogenated alkanes) is 2. The third-order valence-electron chi connectivity index (χ3n) is 4.20. The Balaban J connectivity index is 2.02. The van der Waals surface area contributed by atoms with Gasteiger partial charge in [0.2, 0.25) is 0 Å². The second kappa shape index (κ2) is 11.2. The van der Waals surface area contributed by atoms with Crippen LogP contribution in [0.3, 0.4) is 0 Å². The zero-order chi connectivity index (χ0) is 19.5. The zero-order valence-corrected chi connectivity index (χ0v) is 17.0. The molecule has 1 aromatic heterocycles. The van der Waals surface area contributed by atoms with E-state index in [1.807, 2.05) is 18.5 Å². The maximum atomic E-state index is 6.02. The van der Waals surface area contributed by atoms with Crippen molar-refractivity contribution in [2.75, 3.05) is 13.2 Å². The van der Waals surface area contributed by atoms with Gasteiger partial charge >= 0.3 is 0 Å². The van der Waals surface area contributed by atoms with E-state index in [9.17, 15) is 0 Å². The average Bonchev–Trinajstić information content (AvgIpc) is 3.07. The van der Waals surface area contributed by atoms with Gasteiger partial charge in [-0.3, -0.25) is 0 Å². The molecule has 1 aromatic carbocycles. The van der Waals surface area contributed by atoms with Crippen molar-refractivity contribution in [2.24, 2.45) is 12.0 Å². The van der Waals surface area contributed by atoms with Crippen molar-refractivity contribution in [1.29, 1.82) is 0 Å². The molecule has 0 spiro atoms. The van der Waals surface area contributed by atoms with Crippen molar-refractivity contribution >= 4 is 5.96 Å². The first-order valence-electron chi connectivity index (χ1n) is 9.71. The maximum Gasteiger partial charge on any atom is 0.191 e. The average molecular weight is 373 g/mol. The van der Waals surface area contributed by atoms with Crippen LogP contribution in [0.25, 0.3) is 0 Å². The molecule has 2 aromatic rings. The Morgan fingerprint density at radius 3 is 2.78 bits per heavy atom. The molecule has 2 N–H and O–H groups in total. The molecule has 0 aliphatic rings. The van der Waals surface area contributed by atoms with E-state index in [1.165, 1.54) is 18.4 Å². The molecule has 148 valence electrons. The van der Waals surface area contributed by atoms with Gasteiger partial charge in [0, 0.05) is 19.2 Å². The van der Waals surface area contributed by atoms with Crippen molar-refractivity contribution in [3.63, 3.8) is 0 Å². The van der Waals surface area contributed by atoms with E-state index >= 15 is 0 Å². The van der Waals surface area contributed by atoms with Crippen LogP contribution in [0.2, 0.25) is 0 Å². The summed E-state index contributed by atoms with van der Waals surface area (Å²) in [6.45, 7) is 8.99. The first kappa shape index (κ1) is 20.7. The number of hydrogen-bond acceptors (Lipinski definition) is 4. The van der Waals surface area contributed by atoms with E-state index in [-0.39, 0.29) is 0 Å². The van der Waals surface area contributed by atoms with Crippen molar-refractivity contribution in [2.45, 2.75) is 53.1 Å². The van der Waals surface area contributed by atoms with Crippen molar-refractivity contribution in [3.05, 3.63) is 41.5 Å².